The SMILES string of the molecule is Cc1nc(N)ccc1Oc1ccnc(NC(=O)C(C)C)c1. The van der Waals surface area contributed by atoms with Crippen LogP contribution in [0.4, 0.5) is 11.6 Å². The fraction of sp³-hybridized carbons (Fsp3) is 0.267. The van der Waals surface area contributed by atoms with Crippen molar-refractivity contribution in [2.24, 2.45) is 5.92 Å². The van der Waals surface area contributed by atoms with Crippen molar-refractivity contribution in [1.82, 2.24) is 9.97 Å². The Morgan fingerprint density at radius 1 is 1.33 bits per heavy atom. The molecule has 0 aliphatic heterocycles. The molecule has 0 atom stereocenters. The first-order valence-electron chi connectivity index (χ1n) is 6.63. The van der Waals surface area contributed by atoms with Gasteiger partial charge in [-0.1, -0.05) is 13.8 Å². The molecule has 0 radical (unpaired) electrons. The third-order valence-electron chi connectivity index (χ3n) is 2.79. The lowest BCUT2D eigenvalue weighted by Gasteiger charge is -2.10. The molecule has 0 saturated heterocycles. The second kappa shape index (κ2) is 6.21. The van der Waals surface area contributed by atoms with Gasteiger partial charge in [-0.05, 0) is 25.1 Å². The van der Waals surface area contributed by atoms with Crippen molar-refractivity contribution in [3.63, 3.8) is 0 Å². The van der Waals surface area contributed by atoms with Gasteiger partial charge in [-0.3, -0.25) is 4.79 Å². The van der Waals surface area contributed by atoms with Crippen LogP contribution in [-0.2, 0) is 4.79 Å². The van der Waals surface area contributed by atoms with Gasteiger partial charge < -0.3 is 15.8 Å². The second-order valence-corrected chi connectivity index (χ2v) is 4.94. The summed E-state index contributed by atoms with van der Waals surface area (Å²) in [6.45, 7) is 5.45. The van der Waals surface area contributed by atoms with E-state index in [1.165, 1.54) is 0 Å². The van der Waals surface area contributed by atoms with Crippen LogP contribution in [0.5, 0.6) is 11.5 Å². The van der Waals surface area contributed by atoms with Gasteiger partial charge in [-0.25, -0.2) is 9.97 Å². The molecule has 2 aromatic rings. The maximum atomic E-state index is 11.7. The average molecular weight is 286 g/mol. The molecular weight excluding hydrogens is 268 g/mol. The zero-order valence-corrected chi connectivity index (χ0v) is 12.3. The lowest BCUT2D eigenvalue weighted by Crippen LogP contribution is -2.18. The molecule has 0 spiro atoms. The number of nitrogens with two attached hydrogens (primary N) is 1. The summed E-state index contributed by atoms with van der Waals surface area (Å²) < 4.78 is 5.74. The first-order valence-corrected chi connectivity index (χ1v) is 6.63. The van der Waals surface area contributed by atoms with Gasteiger partial charge in [0.1, 0.15) is 23.1 Å². The van der Waals surface area contributed by atoms with Crippen LogP contribution >= 0.6 is 0 Å². The summed E-state index contributed by atoms with van der Waals surface area (Å²) in [5.74, 6) is 1.87. The Kier molecular flexibility index (Phi) is 4.37. The number of carbonyl (C=O) groups is 1. The highest BCUT2D eigenvalue weighted by molar-refractivity contribution is 5.91. The topological polar surface area (TPSA) is 90.1 Å². The Labute approximate surface area is 123 Å². The zero-order chi connectivity index (χ0) is 15.4. The Bertz CT molecular complexity index is 656. The predicted molar refractivity (Wildman–Crippen MR) is 81.2 cm³/mol. The van der Waals surface area contributed by atoms with Gasteiger partial charge in [0.15, 0.2) is 0 Å². The van der Waals surface area contributed by atoms with E-state index in [1.807, 2.05) is 20.8 Å². The number of pyridine rings is 2. The summed E-state index contributed by atoms with van der Waals surface area (Å²) in [5.41, 5.74) is 6.30. The van der Waals surface area contributed by atoms with Crippen molar-refractivity contribution in [1.29, 1.82) is 0 Å². The molecule has 6 heteroatoms. The van der Waals surface area contributed by atoms with Crippen molar-refractivity contribution in [3.05, 3.63) is 36.2 Å². The molecule has 0 aliphatic rings. The van der Waals surface area contributed by atoms with Crippen LogP contribution in [0, 0.1) is 12.8 Å². The Hall–Kier alpha value is -2.63. The zero-order valence-electron chi connectivity index (χ0n) is 12.3. The van der Waals surface area contributed by atoms with E-state index in [-0.39, 0.29) is 11.8 Å². The molecule has 21 heavy (non-hydrogen) atoms. The molecule has 0 saturated carbocycles. The van der Waals surface area contributed by atoms with Gasteiger partial charge in [0.05, 0.1) is 5.69 Å². The second-order valence-electron chi connectivity index (χ2n) is 4.94. The number of aryl methyl sites for hydroxylation is 1. The number of amides is 1. The van der Waals surface area contributed by atoms with Gasteiger partial charge in [0.2, 0.25) is 5.91 Å². The maximum Gasteiger partial charge on any atom is 0.228 e. The number of aromatic nitrogens is 2. The standard InChI is InChI=1S/C15H18N4O2/c1-9(2)15(20)19-14-8-11(6-7-17-14)21-12-4-5-13(16)18-10(12)3/h4-9H,1-3H3,(H2,16,18)(H,17,19,20). The van der Waals surface area contributed by atoms with E-state index in [4.69, 9.17) is 10.5 Å². The summed E-state index contributed by atoms with van der Waals surface area (Å²) in [5, 5.41) is 2.73. The fourth-order valence-electron chi connectivity index (χ4n) is 1.62. The van der Waals surface area contributed by atoms with Gasteiger partial charge in [-0.2, -0.15) is 0 Å². The number of carbonyl (C=O) groups excluding carboxylic acids is 1. The number of nitrogen functional groups attached to an aromatic ring is 1. The number of nitrogens with zero attached hydrogens (tertiary/aromatic N) is 2. The van der Waals surface area contributed by atoms with Crippen molar-refractivity contribution < 1.29 is 9.53 Å². The van der Waals surface area contributed by atoms with Crippen LogP contribution in [-0.4, -0.2) is 15.9 Å². The predicted octanol–water partition coefficient (Wildman–Crippen LogP) is 2.75. The quantitative estimate of drug-likeness (QED) is 0.902. The van der Waals surface area contributed by atoms with Gasteiger partial charge >= 0.3 is 0 Å². The van der Waals surface area contributed by atoms with E-state index in [0.29, 0.717) is 28.8 Å². The van der Waals surface area contributed by atoms with Crippen LogP contribution < -0.4 is 15.8 Å². The Morgan fingerprint density at radius 2 is 2.10 bits per heavy atom. The number of rotatable bonds is 4. The number of hydrogen-bond donors (Lipinski definition) is 2. The van der Waals surface area contributed by atoms with Crippen LogP contribution in [0.1, 0.15) is 19.5 Å². The van der Waals surface area contributed by atoms with Crippen LogP contribution in [0.3, 0.4) is 0 Å². The summed E-state index contributed by atoms with van der Waals surface area (Å²) >= 11 is 0. The molecule has 0 fully saturated rings. The van der Waals surface area contributed by atoms with E-state index in [1.54, 1.807) is 30.5 Å². The van der Waals surface area contributed by atoms with E-state index in [0.717, 1.165) is 0 Å². The summed E-state index contributed by atoms with van der Waals surface area (Å²) in [7, 11) is 0. The van der Waals surface area contributed by atoms with E-state index >= 15 is 0 Å². The highest BCUT2D eigenvalue weighted by atomic mass is 16.5. The summed E-state index contributed by atoms with van der Waals surface area (Å²) in [4.78, 5) is 19.9. The largest absolute Gasteiger partial charge is 0.455 e. The average Bonchev–Trinajstić information content (AvgIpc) is 2.42. The molecule has 2 heterocycles. The third-order valence-corrected chi connectivity index (χ3v) is 2.79. The van der Waals surface area contributed by atoms with Crippen LogP contribution in [0.15, 0.2) is 30.5 Å². The minimum absolute atomic E-state index is 0.0926. The Balaban J connectivity index is 2.16. The van der Waals surface area contributed by atoms with Crippen molar-refractivity contribution >= 4 is 17.5 Å². The lowest BCUT2D eigenvalue weighted by molar-refractivity contribution is -0.118. The molecule has 0 aromatic carbocycles. The molecule has 2 aromatic heterocycles. The first-order chi connectivity index (χ1) is 9.95. The summed E-state index contributed by atoms with van der Waals surface area (Å²) in [6.07, 6.45) is 1.57. The van der Waals surface area contributed by atoms with Crippen LogP contribution in [0.25, 0.3) is 0 Å². The molecule has 110 valence electrons. The number of ether oxygens (including phenoxy) is 1. The molecular formula is C15H18N4O2. The van der Waals surface area contributed by atoms with Crippen molar-refractivity contribution in [3.8, 4) is 11.5 Å². The van der Waals surface area contributed by atoms with Gasteiger partial charge in [0, 0.05) is 18.2 Å². The molecule has 2 rings (SSSR count). The molecule has 0 aliphatic carbocycles. The first kappa shape index (κ1) is 14.8. The molecule has 6 nitrogen and oxygen atoms in total. The van der Waals surface area contributed by atoms with Crippen molar-refractivity contribution in [2.75, 3.05) is 11.1 Å². The minimum atomic E-state index is -0.111. The normalized spacial score (nSPS) is 10.5. The fourth-order valence-corrected chi connectivity index (χ4v) is 1.62. The molecule has 0 unspecified atom stereocenters. The van der Waals surface area contributed by atoms with E-state index in [9.17, 15) is 4.79 Å². The molecule has 3 N–H and O–H groups in total. The lowest BCUT2D eigenvalue weighted by atomic mass is 10.2. The van der Waals surface area contributed by atoms with E-state index < -0.39 is 0 Å². The number of anilines is 2. The van der Waals surface area contributed by atoms with Gasteiger partial charge in [0.25, 0.3) is 0 Å². The monoisotopic (exact) mass is 286 g/mol. The number of nitrogens with one attached hydrogen (secondary N) is 1. The van der Waals surface area contributed by atoms with Crippen LogP contribution in [0.2, 0.25) is 0 Å². The summed E-state index contributed by atoms with van der Waals surface area (Å²) in [6, 6.07) is 6.80. The minimum Gasteiger partial charge on any atom is -0.455 e. The van der Waals surface area contributed by atoms with E-state index in [2.05, 4.69) is 15.3 Å². The maximum absolute atomic E-state index is 11.7. The van der Waals surface area contributed by atoms with Gasteiger partial charge in [-0.15, -0.1) is 0 Å². The van der Waals surface area contributed by atoms with Crippen molar-refractivity contribution in [2.45, 2.75) is 20.8 Å². The smallest absolute Gasteiger partial charge is 0.228 e. The highest BCUT2D eigenvalue weighted by Gasteiger charge is 2.09. The molecule has 0 bridgehead atoms. The highest BCUT2D eigenvalue weighted by Crippen LogP contribution is 2.25. The third kappa shape index (κ3) is 3.92. The number of hydrogen-bond acceptors (Lipinski definition) is 5. The Morgan fingerprint density at radius 3 is 2.76 bits per heavy atom. The molecule has 1 amide bonds.